The standard InChI is InChI=1S/C51H34N4O2/c1-3-13-31(14-4-1)49-52-50(32-15-5-2-6-16-32)54-51(53-49)41-22-12-20-39-38-27-25-33(29-46(38)57-48(39)41)35-19-11-21-40-42-30-34(26-28-45(42)56-47(35)40)55-43-23-9-7-17-36(43)37-18-8-10-24-44(37)55/h1-30,49,51,53H,(H,52,54). The lowest BCUT2D eigenvalue weighted by Crippen LogP contribution is -2.45. The molecule has 3 aromatic heterocycles. The van der Waals surface area contributed by atoms with E-state index in [9.17, 15) is 0 Å². The third-order valence-electron chi connectivity index (χ3n) is 11.5. The van der Waals surface area contributed by atoms with Gasteiger partial charge in [0.25, 0.3) is 0 Å². The third-order valence-corrected chi connectivity index (χ3v) is 11.5. The van der Waals surface area contributed by atoms with Gasteiger partial charge in [-0.2, -0.15) is 0 Å². The second-order valence-electron chi connectivity index (χ2n) is 14.8. The number of fused-ring (bicyclic) bond motifs is 9. The second kappa shape index (κ2) is 12.6. The molecule has 8 aromatic carbocycles. The van der Waals surface area contributed by atoms with Crippen molar-refractivity contribution in [2.45, 2.75) is 12.3 Å². The van der Waals surface area contributed by atoms with Gasteiger partial charge in [0.2, 0.25) is 0 Å². The lowest BCUT2D eigenvalue weighted by molar-refractivity contribution is 0.408. The number of amidine groups is 1. The Morgan fingerprint density at radius 2 is 1.14 bits per heavy atom. The SMILES string of the molecule is c1ccc(C2=NC(c3ccccc3)NC(c3cccc4c3oc3cc(-c5cccc6c5oc5ccc(-n7c8ccccc8c8ccccc87)cc56)ccc34)N2)cc1. The first-order valence-electron chi connectivity index (χ1n) is 19.4. The van der Waals surface area contributed by atoms with E-state index in [0.29, 0.717) is 0 Å². The summed E-state index contributed by atoms with van der Waals surface area (Å²) in [5, 5.41) is 14.2. The van der Waals surface area contributed by atoms with Gasteiger partial charge in [-0.3, -0.25) is 5.32 Å². The van der Waals surface area contributed by atoms with E-state index in [1.54, 1.807) is 0 Å². The average molecular weight is 735 g/mol. The maximum absolute atomic E-state index is 6.83. The topological polar surface area (TPSA) is 67.6 Å². The first-order valence-corrected chi connectivity index (χ1v) is 19.4. The van der Waals surface area contributed by atoms with E-state index in [4.69, 9.17) is 13.8 Å². The Hall–Kier alpha value is -7.41. The molecule has 270 valence electrons. The monoisotopic (exact) mass is 734 g/mol. The summed E-state index contributed by atoms with van der Waals surface area (Å²) in [6, 6.07) is 63.7. The fourth-order valence-corrected chi connectivity index (χ4v) is 8.84. The van der Waals surface area contributed by atoms with Crippen LogP contribution in [-0.4, -0.2) is 10.4 Å². The summed E-state index contributed by atoms with van der Waals surface area (Å²) >= 11 is 0. The minimum atomic E-state index is -0.247. The highest BCUT2D eigenvalue weighted by molar-refractivity contribution is 6.13. The van der Waals surface area contributed by atoms with Crippen molar-refractivity contribution in [3.05, 3.63) is 199 Å². The zero-order chi connectivity index (χ0) is 37.5. The normalized spacial score (nSPS) is 15.9. The number of furan rings is 2. The highest BCUT2D eigenvalue weighted by atomic mass is 16.3. The molecule has 0 amide bonds. The van der Waals surface area contributed by atoms with Gasteiger partial charge < -0.3 is 18.7 Å². The van der Waals surface area contributed by atoms with Crippen LogP contribution in [0.25, 0.3) is 82.5 Å². The molecule has 0 saturated heterocycles. The number of aromatic nitrogens is 1. The zero-order valence-electron chi connectivity index (χ0n) is 30.7. The van der Waals surface area contributed by atoms with Gasteiger partial charge in [0, 0.05) is 54.7 Å². The summed E-state index contributed by atoms with van der Waals surface area (Å²) in [6.45, 7) is 0. The Balaban J connectivity index is 0.953. The summed E-state index contributed by atoms with van der Waals surface area (Å²) in [5.74, 6) is 0.838. The maximum Gasteiger partial charge on any atom is 0.143 e. The van der Waals surface area contributed by atoms with Crippen LogP contribution in [0, 0.1) is 0 Å². The number of nitrogens with one attached hydrogen (secondary N) is 2. The molecule has 1 aliphatic rings. The van der Waals surface area contributed by atoms with Gasteiger partial charge in [-0.05, 0) is 53.6 Å². The number of aliphatic imine (C=N–C) groups is 1. The first kappa shape index (κ1) is 31.9. The molecular formula is C51H34N4O2. The predicted molar refractivity (Wildman–Crippen MR) is 232 cm³/mol. The van der Waals surface area contributed by atoms with Gasteiger partial charge in [-0.1, -0.05) is 140 Å². The number of hydrogen-bond donors (Lipinski definition) is 2. The molecule has 0 radical (unpaired) electrons. The molecule has 0 spiro atoms. The molecule has 1 aliphatic heterocycles. The Bertz CT molecular complexity index is 3320. The van der Waals surface area contributed by atoms with Crippen molar-refractivity contribution in [3.63, 3.8) is 0 Å². The van der Waals surface area contributed by atoms with Crippen LogP contribution in [0.2, 0.25) is 0 Å². The van der Waals surface area contributed by atoms with E-state index < -0.39 is 0 Å². The van der Waals surface area contributed by atoms with Crippen LogP contribution in [0.15, 0.2) is 196 Å². The van der Waals surface area contributed by atoms with E-state index in [1.165, 1.54) is 21.8 Å². The summed E-state index contributed by atoms with van der Waals surface area (Å²) < 4.78 is 15.9. The number of hydrogen-bond acceptors (Lipinski definition) is 5. The molecule has 0 bridgehead atoms. The van der Waals surface area contributed by atoms with Crippen LogP contribution in [0.1, 0.15) is 29.0 Å². The Labute approximate surface area is 327 Å². The highest BCUT2D eigenvalue weighted by Gasteiger charge is 2.28. The molecule has 57 heavy (non-hydrogen) atoms. The fourth-order valence-electron chi connectivity index (χ4n) is 8.84. The van der Waals surface area contributed by atoms with Gasteiger partial charge in [0.05, 0.1) is 11.0 Å². The van der Waals surface area contributed by atoms with Crippen LogP contribution in [0.4, 0.5) is 0 Å². The lowest BCUT2D eigenvalue weighted by Gasteiger charge is -2.32. The second-order valence-corrected chi connectivity index (χ2v) is 14.8. The van der Waals surface area contributed by atoms with Crippen molar-refractivity contribution in [1.29, 1.82) is 0 Å². The molecular weight excluding hydrogens is 701 g/mol. The molecule has 2 atom stereocenters. The van der Waals surface area contributed by atoms with Crippen LogP contribution >= 0.6 is 0 Å². The third kappa shape index (κ3) is 5.04. The maximum atomic E-state index is 6.83. The van der Waals surface area contributed by atoms with Gasteiger partial charge in [0.1, 0.15) is 40.5 Å². The number of rotatable bonds is 5. The minimum Gasteiger partial charge on any atom is -0.456 e. The van der Waals surface area contributed by atoms with Gasteiger partial charge in [0.15, 0.2) is 0 Å². The first-order chi connectivity index (χ1) is 28.2. The molecule has 0 fully saturated rings. The summed E-state index contributed by atoms with van der Waals surface area (Å²) in [6.07, 6.45) is -0.482. The molecule has 0 aliphatic carbocycles. The van der Waals surface area contributed by atoms with E-state index >= 15 is 0 Å². The molecule has 6 nitrogen and oxygen atoms in total. The molecule has 11 aromatic rings. The number of nitrogens with zero attached hydrogens (tertiary/aromatic N) is 2. The zero-order valence-corrected chi connectivity index (χ0v) is 30.7. The summed E-state index contributed by atoms with van der Waals surface area (Å²) in [7, 11) is 0. The van der Waals surface area contributed by atoms with Crippen molar-refractivity contribution < 1.29 is 8.83 Å². The van der Waals surface area contributed by atoms with Crippen molar-refractivity contribution in [1.82, 2.24) is 15.2 Å². The minimum absolute atomic E-state index is 0.235. The van der Waals surface area contributed by atoms with Gasteiger partial charge in [-0.15, -0.1) is 0 Å². The molecule has 2 unspecified atom stereocenters. The van der Waals surface area contributed by atoms with E-state index in [2.05, 4.69) is 173 Å². The highest BCUT2D eigenvalue weighted by Crippen LogP contribution is 2.41. The van der Waals surface area contributed by atoms with Crippen molar-refractivity contribution in [2.24, 2.45) is 4.99 Å². The molecule has 4 heterocycles. The average Bonchev–Trinajstić information content (AvgIpc) is 3.96. The predicted octanol–water partition coefficient (Wildman–Crippen LogP) is 12.6. The largest absolute Gasteiger partial charge is 0.456 e. The van der Waals surface area contributed by atoms with Crippen LogP contribution in [0.3, 0.4) is 0 Å². The van der Waals surface area contributed by atoms with Crippen molar-refractivity contribution >= 4 is 71.5 Å². The van der Waals surface area contributed by atoms with Gasteiger partial charge >= 0.3 is 0 Å². The Kier molecular flexibility index (Phi) is 7.03. The van der Waals surface area contributed by atoms with Crippen LogP contribution in [-0.2, 0) is 0 Å². The Morgan fingerprint density at radius 3 is 1.93 bits per heavy atom. The van der Waals surface area contributed by atoms with Crippen LogP contribution < -0.4 is 10.6 Å². The van der Waals surface area contributed by atoms with E-state index in [0.717, 1.165) is 83.2 Å². The smallest absolute Gasteiger partial charge is 0.143 e. The quantitative estimate of drug-likeness (QED) is 0.185. The summed E-state index contributed by atoms with van der Waals surface area (Å²) in [4.78, 5) is 5.10. The lowest BCUT2D eigenvalue weighted by atomic mass is 10.00. The molecule has 2 N–H and O–H groups in total. The van der Waals surface area contributed by atoms with E-state index in [1.807, 2.05) is 24.3 Å². The summed E-state index contributed by atoms with van der Waals surface area (Å²) in [5.41, 5.74) is 12.1. The number of para-hydroxylation sites is 4. The van der Waals surface area contributed by atoms with E-state index in [-0.39, 0.29) is 12.3 Å². The van der Waals surface area contributed by atoms with Gasteiger partial charge in [-0.25, -0.2) is 4.99 Å². The van der Waals surface area contributed by atoms with Crippen LogP contribution in [0.5, 0.6) is 0 Å². The fraction of sp³-hybridized carbons (Fsp3) is 0.0392. The molecule has 12 rings (SSSR count). The van der Waals surface area contributed by atoms with Crippen molar-refractivity contribution in [2.75, 3.05) is 0 Å². The Morgan fingerprint density at radius 1 is 0.474 bits per heavy atom. The molecule has 0 saturated carbocycles. The van der Waals surface area contributed by atoms with Crippen molar-refractivity contribution in [3.8, 4) is 16.8 Å². The molecule has 6 heteroatoms. The number of benzene rings is 8.